The van der Waals surface area contributed by atoms with Crippen molar-refractivity contribution in [2.45, 2.75) is 52.4 Å². The van der Waals surface area contributed by atoms with Gasteiger partial charge in [0, 0.05) is 27.6 Å². The molecule has 320 valence electrons. The Kier molecular flexibility index (Phi) is 10.0. The first-order valence-electron chi connectivity index (χ1n) is 23.2. The number of hydrogen-bond acceptors (Lipinski definition) is 2. The van der Waals surface area contributed by atoms with Crippen LogP contribution in [0.1, 0.15) is 52.7 Å². The molecule has 2 nitrogen and oxygen atoms in total. The minimum Gasteiger partial charge on any atom is -0.456 e. The van der Waals surface area contributed by atoms with Gasteiger partial charge in [0.2, 0.25) is 0 Å². The number of anilines is 3. The highest BCUT2D eigenvalue weighted by molar-refractivity contribution is 6.11. The highest BCUT2D eigenvalue weighted by atomic mass is 16.3. The van der Waals surface area contributed by atoms with Gasteiger partial charge in [-0.1, -0.05) is 217 Å². The molecule has 0 bridgehead atoms. The predicted molar refractivity (Wildman–Crippen MR) is 283 cm³/mol. The molecule has 2 heteroatoms. The summed E-state index contributed by atoms with van der Waals surface area (Å²) >= 11 is 0. The first kappa shape index (κ1) is 41.1. The van der Waals surface area contributed by atoms with E-state index in [-0.39, 0.29) is 10.8 Å². The molecule has 0 saturated heterocycles. The summed E-state index contributed by atoms with van der Waals surface area (Å²) in [5, 5.41) is 7.07. The summed E-state index contributed by atoms with van der Waals surface area (Å²) in [5.74, 6) is 0. The molecule has 11 rings (SSSR count). The third-order valence-corrected chi connectivity index (χ3v) is 13.4. The Labute approximate surface area is 388 Å². The van der Waals surface area contributed by atoms with E-state index in [0.717, 1.165) is 61.3 Å². The van der Waals surface area contributed by atoms with Gasteiger partial charge >= 0.3 is 0 Å². The Balaban J connectivity index is 1.22. The molecule has 1 heterocycles. The monoisotopic (exact) mass is 851 g/mol. The number of rotatable bonds is 7. The molecule has 0 atom stereocenters. The van der Waals surface area contributed by atoms with Crippen LogP contribution in [-0.2, 0) is 10.8 Å². The van der Waals surface area contributed by atoms with Crippen molar-refractivity contribution in [2.75, 3.05) is 4.90 Å². The minimum atomic E-state index is -0.0189. The molecule has 0 N–H and O–H groups in total. The maximum absolute atomic E-state index is 6.45. The van der Waals surface area contributed by atoms with Gasteiger partial charge in [-0.3, -0.25) is 0 Å². The average Bonchev–Trinajstić information content (AvgIpc) is 3.71. The molecule has 66 heavy (non-hydrogen) atoms. The molecule has 0 fully saturated rings. The highest BCUT2D eigenvalue weighted by Gasteiger charge is 2.26. The van der Waals surface area contributed by atoms with Crippen molar-refractivity contribution in [3.8, 4) is 44.5 Å². The Morgan fingerprint density at radius 3 is 1.68 bits per heavy atom. The summed E-state index contributed by atoms with van der Waals surface area (Å²) in [6.45, 7) is 13.9. The van der Waals surface area contributed by atoms with Crippen LogP contribution in [0.4, 0.5) is 17.1 Å². The quantitative estimate of drug-likeness (QED) is 0.159. The van der Waals surface area contributed by atoms with E-state index < -0.39 is 0 Å². The lowest BCUT2D eigenvalue weighted by Gasteiger charge is -2.31. The van der Waals surface area contributed by atoms with Gasteiger partial charge in [-0.05, 0) is 113 Å². The summed E-state index contributed by atoms with van der Waals surface area (Å²) in [4.78, 5) is 2.49. The molecule has 0 aliphatic carbocycles. The third-order valence-electron chi connectivity index (χ3n) is 13.4. The van der Waals surface area contributed by atoms with Crippen molar-refractivity contribution in [2.24, 2.45) is 0 Å². The van der Waals surface area contributed by atoms with E-state index >= 15 is 0 Å². The Bertz CT molecular complexity index is 3570. The van der Waals surface area contributed by atoms with Crippen LogP contribution in [0, 0.1) is 0 Å². The van der Waals surface area contributed by atoms with Gasteiger partial charge in [-0.25, -0.2) is 0 Å². The molecule has 10 aromatic carbocycles. The van der Waals surface area contributed by atoms with E-state index in [1.165, 1.54) is 54.9 Å². The standard InChI is InChI=1S/C64H53NO/c1-63(2,3)47-37-46(38-48(40-47)64(4,5)6)53-29-17-23-44-24-18-30-56(62(44)53)54-26-12-14-31-58(54)65(49-34-36-61-57(41-49)55-27-13-15-32-60(55)66-61)59-39-45(33-35-52(59)43-19-8-7-9-20-43)51-28-16-22-42-21-10-11-25-50(42)51/h7-41H,1-6H3. The van der Waals surface area contributed by atoms with Gasteiger partial charge < -0.3 is 9.32 Å². The fourth-order valence-electron chi connectivity index (χ4n) is 9.84. The Morgan fingerprint density at radius 1 is 0.333 bits per heavy atom. The van der Waals surface area contributed by atoms with E-state index in [2.05, 4.69) is 253 Å². The number of benzene rings is 10. The lowest BCUT2D eigenvalue weighted by atomic mass is 9.78. The van der Waals surface area contributed by atoms with Gasteiger partial charge in [-0.15, -0.1) is 0 Å². The van der Waals surface area contributed by atoms with E-state index in [0.29, 0.717) is 0 Å². The van der Waals surface area contributed by atoms with E-state index in [9.17, 15) is 0 Å². The van der Waals surface area contributed by atoms with Crippen molar-refractivity contribution in [1.29, 1.82) is 0 Å². The van der Waals surface area contributed by atoms with Gasteiger partial charge in [0.15, 0.2) is 0 Å². The van der Waals surface area contributed by atoms with Crippen molar-refractivity contribution in [3.63, 3.8) is 0 Å². The second-order valence-electron chi connectivity index (χ2n) is 19.8. The minimum absolute atomic E-state index is 0.0189. The molecule has 0 aliphatic heterocycles. The van der Waals surface area contributed by atoms with Crippen LogP contribution in [0.15, 0.2) is 217 Å². The Morgan fingerprint density at radius 2 is 0.924 bits per heavy atom. The largest absolute Gasteiger partial charge is 0.456 e. The average molecular weight is 852 g/mol. The van der Waals surface area contributed by atoms with Crippen LogP contribution in [0.3, 0.4) is 0 Å². The Hall–Kier alpha value is -7.68. The summed E-state index contributed by atoms with van der Waals surface area (Å²) in [6.07, 6.45) is 0. The van der Waals surface area contributed by atoms with Crippen LogP contribution in [0.25, 0.3) is 88.0 Å². The second kappa shape index (κ2) is 16.1. The maximum Gasteiger partial charge on any atom is 0.135 e. The molecule has 0 amide bonds. The zero-order valence-electron chi connectivity index (χ0n) is 38.6. The third kappa shape index (κ3) is 7.33. The van der Waals surface area contributed by atoms with E-state index in [1.54, 1.807) is 0 Å². The molecule has 1 aromatic heterocycles. The molecule has 0 spiro atoms. The predicted octanol–water partition coefficient (Wildman–Crippen LogP) is 18.6. The number of fused-ring (bicyclic) bond motifs is 5. The molecular formula is C64H53NO. The SMILES string of the molecule is CC(C)(C)c1cc(-c2cccc3cccc(-c4ccccc4N(c4ccc5oc6ccccc6c5c4)c4cc(-c5cccc6ccccc56)ccc4-c4ccccc4)c23)cc(C(C)(C)C)c1. The zero-order chi connectivity index (χ0) is 45.2. The molecular weight excluding hydrogens is 799 g/mol. The lowest BCUT2D eigenvalue weighted by Crippen LogP contribution is -2.16. The summed E-state index contributed by atoms with van der Waals surface area (Å²) < 4.78 is 6.45. The van der Waals surface area contributed by atoms with Crippen molar-refractivity contribution < 1.29 is 4.42 Å². The maximum atomic E-state index is 6.45. The lowest BCUT2D eigenvalue weighted by molar-refractivity contribution is 0.569. The molecule has 0 radical (unpaired) electrons. The highest BCUT2D eigenvalue weighted by Crippen LogP contribution is 2.49. The second-order valence-corrected chi connectivity index (χ2v) is 19.8. The molecule has 0 unspecified atom stereocenters. The van der Waals surface area contributed by atoms with Crippen LogP contribution >= 0.6 is 0 Å². The van der Waals surface area contributed by atoms with E-state index in [4.69, 9.17) is 4.42 Å². The normalized spacial score (nSPS) is 12.1. The summed E-state index contributed by atoms with van der Waals surface area (Å²) in [5.41, 5.74) is 17.0. The molecule has 11 aromatic rings. The molecule has 0 saturated carbocycles. The molecule has 0 aliphatic rings. The number of para-hydroxylation sites is 2. The van der Waals surface area contributed by atoms with Crippen molar-refractivity contribution in [3.05, 3.63) is 223 Å². The van der Waals surface area contributed by atoms with Crippen LogP contribution in [0.2, 0.25) is 0 Å². The van der Waals surface area contributed by atoms with Gasteiger partial charge in [0.1, 0.15) is 11.2 Å². The van der Waals surface area contributed by atoms with Gasteiger partial charge in [-0.2, -0.15) is 0 Å². The van der Waals surface area contributed by atoms with Crippen LogP contribution < -0.4 is 4.90 Å². The first-order chi connectivity index (χ1) is 32.0. The smallest absolute Gasteiger partial charge is 0.135 e. The number of hydrogen-bond donors (Lipinski definition) is 0. The van der Waals surface area contributed by atoms with Crippen LogP contribution in [-0.4, -0.2) is 0 Å². The van der Waals surface area contributed by atoms with Gasteiger partial charge in [0.05, 0.1) is 11.4 Å². The van der Waals surface area contributed by atoms with Crippen molar-refractivity contribution in [1.82, 2.24) is 0 Å². The summed E-state index contributed by atoms with van der Waals surface area (Å²) in [7, 11) is 0. The van der Waals surface area contributed by atoms with Crippen molar-refractivity contribution >= 4 is 60.5 Å². The van der Waals surface area contributed by atoms with Gasteiger partial charge in [0.25, 0.3) is 0 Å². The fourth-order valence-corrected chi connectivity index (χ4v) is 9.84. The van der Waals surface area contributed by atoms with E-state index in [1.807, 2.05) is 6.07 Å². The fraction of sp³-hybridized carbons (Fsp3) is 0.125. The summed E-state index contributed by atoms with van der Waals surface area (Å²) in [6, 6.07) is 78.0. The number of furan rings is 1. The first-order valence-corrected chi connectivity index (χ1v) is 23.2. The number of nitrogens with zero attached hydrogens (tertiary/aromatic N) is 1. The van der Waals surface area contributed by atoms with Crippen LogP contribution in [0.5, 0.6) is 0 Å². The topological polar surface area (TPSA) is 16.4 Å². The zero-order valence-corrected chi connectivity index (χ0v) is 38.6.